The van der Waals surface area contributed by atoms with Crippen LogP contribution in [-0.4, -0.2) is 28.4 Å². The first-order valence-electron chi connectivity index (χ1n) is 8.72. The molecule has 3 aromatic rings. The number of hydrogen-bond acceptors (Lipinski definition) is 4. The van der Waals surface area contributed by atoms with Crippen molar-refractivity contribution in [1.29, 1.82) is 0 Å². The third-order valence-electron chi connectivity index (χ3n) is 4.22. The van der Waals surface area contributed by atoms with E-state index in [2.05, 4.69) is 20.8 Å². The van der Waals surface area contributed by atoms with E-state index in [1.807, 2.05) is 56.3 Å². The van der Waals surface area contributed by atoms with Crippen molar-refractivity contribution in [3.8, 4) is 5.75 Å². The molecule has 3 N–H and O–H groups in total. The zero-order valence-electron chi connectivity index (χ0n) is 15.3. The number of rotatable bonds is 6. The molecule has 2 amide bonds. The van der Waals surface area contributed by atoms with Crippen LogP contribution in [0.25, 0.3) is 11.0 Å². The van der Waals surface area contributed by atoms with Gasteiger partial charge in [0.15, 0.2) is 6.61 Å². The molecule has 1 aromatic heterocycles. The van der Waals surface area contributed by atoms with Crippen LogP contribution in [0.2, 0.25) is 0 Å². The van der Waals surface area contributed by atoms with Crippen LogP contribution in [0.15, 0.2) is 42.5 Å². The molecule has 0 aliphatic heterocycles. The maximum Gasteiger partial charge on any atom is 0.276 e. The average molecular weight is 366 g/mol. The smallest absolute Gasteiger partial charge is 0.276 e. The summed E-state index contributed by atoms with van der Waals surface area (Å²) in [5.41, 5.74) is 8.78. The van der Waals surface area contributed by atoms with Gasteiger partial charge < -0.3 is 9.72 Å². The summed E-state index contributed by atoms with van der Waals surface area (Å²) in [4.78, 5) is 31.3. The molecule has 2 aromatic carbocycles. The van der Waals surface area contributed by atoms with Crippen molar-refractivity contribution in [2.24, 2.45) is 0 Å². The molecule has 3 rings (SSSR count). The molecule has 0 atom stereocenters. The minimum Gasteiger partial charge on any atom is -0.484 e. The number of nitrogens with one attached hydrogen (secondary N) is 3. The van der Waals surface area contributed by atoms with Crippen molar-refractivity contribution < 1.29 is 14.3 Å². The Morgan fingerprint density at radius 3 is 2.59 bits per heavy atom. The predicted octanol–water partition coefficient (Wildman–Crippen LogP) is 2.34. The summed E-state index contributed by atoms with van der Waals surface area (Å²) in [6.45, 7) is 3.81. The molecule has 0 saturated carbocycles. The Morgan fingerprint density at radius 2 is 1.81 bits per heavy atom. The van der Waals surface area contributed by atoms with Crippen LogP contribution in [0.1, 0.15) is 23.4 Å². The van der Waals surface area contributed by atoms with Crippen molar-refractivity contribution in [2.75, 3.05) is 6.61 Å². The first-order chi connectivity index (χ1) is 13.0. The number of aryl methyl sites for hydroxylation is 3. The SMILES string of the molecule is Cc1ccc(OCC(=O)NNC(=O)CCc2nc3ccccc3[nH]2)cc1C. The quantitative estimate of drug-likeness (QED) is 0.584. The lowest BCUT2D eigenvalue weighted by molar-refractivity contribution is -0.130. The van der Waals surface area contributed by atoms with Gasteiger partial charge in [0.05, 0.1) is 11.0 Å². The fourth-order valence-corrected chi connectivity index (χ4v) is 2.55. The predicted molar refractivity (Wildman–Crippen MR) is 102 cm³/mol. The van der Waals surface area contributed by atoms with Crippen molar-refractivity contribution in [3.63, 3.8) is 0 Å². The topological polar surface area (TPSA) is 96.1 Å². The van der Waals surface area contributed by atoms with Gasteiger partial charge in [0, 0.05) is 12.8 Å². The summed E-state index contributed by atoms with van der Waals surface area (Å²) in [5, 5.41) is 0. The van der Waals surface area contributed by atoms with E-state index in [9.17, 15) is 9.59 Å². The molecule has 7 nitrogen and oxygen atoms in total. The zero-order chi connectivity index (χ0) is 19.2. The van der Waals surface area contributed by atoms with Gasteiger partial charge in [-0.15, -0.1) is 0 Å². The Morgan fingerprint density at radius 1 is 1.04 bits per heavy atom. The molecule has 7 heteroatoms. The Kier molecular flexibility index (Phi) is 5.71. The van der Waals surface area contributed by atoms with E-state index in [0.29, 0.717) is 12.2 Å². The van der Waals surface area contributed by atoms with Crippen molar-refractivity contribution in [3.05, 3.63) is 59.4 Å². The van der Waals surface area contributed by atoms with Gasteiger partial charge in [-0.2, -0.15) is 0 Å². The van der Waals surface area contributed by atoms with Gasteiger partial charge in [0.25, 0.3) is 5.91 Å². The van der Waals surface area contributed by atoms with Gasteiger partial charge in [-0.1, -0.05) is 18.2 Å². The molecule has 0 radical (unpaired) electrons. The Hall–Kier alpha value is -3.35. The first kappa shape index (κ1) is 18.4. The highest BCUT2D eigenvalue weighted by Gasteiger charge is 2.08. The van der Waals surface area contributed by atoms with Gasteiger partial charge in [-0.25, -0.2) is 4.98 Å². The van der Waals surface area contributed by atoms with Crippen LogP contribution in [0.3, 0.4) is 0 Å². The number of carbonyl (C=O) groups excluding carboxylic acids is 2. The number of hydrogen-bond donors (Lipinski definition) is 3. The van der Waals surface area contributed by atoms with E-state index in [4.69, 9.17) is 4.74 Å². The fraction of sp³-hybridized carbons (Fsp3) is 0.250. The number of benzene rings is 2. The molecule has 140 valence electrons. The molecule has 27 heavy (non-hydrogen) atoms. The van der Waals surface area contributed by atoms with Crippen LogP contribution >= 0.6 is 0 Å². The van der Waals surface area contributed by atoms with Gasteiger partial charge in [0.1, 0.15) is 11.6 Å². The highest BCUT2D eigenvalue weighted by Crippen LogP contribution is 2.16. The lowest BCUT2D eigenvalue weighted by Crippen LogP contribution is -2.43. The molecule has 0 aliphatic rings. The summed E-state index contributed by atoms with van der Waals surface area (Å²) in [5.74, 6) is 0.625. The first-order valence-corrected chi connectivity index (χ1v) is 8.72. The second-order valence-electron chi connectivity index (χ2n) is 6.33. The number of carbonyl (C=O) groups is 2. The van der Waals surface area contributed by atoms with Crippen LogP contribution in [-0.2, 0) is 16.0 Å². The summed E-state index contributed by atoms with van der Waals surface area (Å²) >= 11 is 0. The Balaban J connectivity index is 1.39. The van der Waals surface area contributed by atoms with Gasteiger partial charge in [-0.3, -0.25) is 20.4 Å². The van der Waals surface area contributed by atoms with Gasteiger partial charge >= 0.3 is 0 Å². The van der Waals surface area contributed by atoms with Crippen LogP contribution in [0.5, 0.6) is 5.75 Å². The highest BCUT2D eigenvalue weighted by molar-refractivity contribution is 5.83. The molecule has 0 spiro atoms. The Bertz CT molecular complexity index is 932. The van der Waals surface area contributed by atoms with E-state index in [0.717, 1.165) is 28.0 Å². The van der Waals surface area contributed by atoms with Crippen molar-refractivity contribution >= 4 is 22.8 Å². The summed E-state index contributed by atoms with van der Waals surface area (Å²) in [6.07, 6.45) is 0.660. The second kappa shape index (κ2) is 8.35. The second-order valence-corrected chi connectivity index (χ2v) is 6.33. The number of amides is 2. The summed E-state index contributed by atoms with van der Waals surface area (Å²) in [7, 11) is 0. The van der Waals surface area contributed by atoms with E-state index in [-0.39, 0.29) is 18.9 Å². The van der Waals surface area contributed by atoms with E-state index in [1.165, 1.54) is 0 Å². The number of fused-ring (bicyclic) bond motifs is 1. The monoisotopic (exact) mass is 366 g/mol. The Labute approximate surface area is 157 Å². The number of nitrogens with zero attached hydrogens (tertiary/aromatic N) is 1. The van der Waals surface area contributed by atoms with Gasteiger partial charge in [-0.05, 0) is 49.2 Å². The van der Waals surface area contributed by atoms with E-state index >= 15 is 0 Å². The third-order valence-corrected chi connectivity index (χ3v) is 4.22. The normalized spacial score (nSPS) is 10.6. The zero-order valence-corrected chi connectivity index (χ0v) is 15.3. The largest absolute Gasteiger partial charge is 0.484 e. The van der Waals surface area contributed by atoms with Crippen LogP contribution in [0.4, 0.5) is 0 Å². The molecule has 1 heterocycles. The number of aromatic amines is 1. The van der Waals surface area contributed by atoms with Crippen molar-refractivity contribution in [2.45, 2.75) is 26.7 Å². The van der Waals surface area contributed by atoms with Gasteiger partial charge in [0.2, 0.25) is 5.91 Å². The standard InChI is InChI=1S/C20H22N4O3/c1-13-7-8-15(11-14(13)2)27-12-20(26)24-23-19(25)10-9-18-21-16-5-3-4-6-17(16)22-18/h3-8,11H,9-10,12H2,1-2H3,(H,21,22)(H,23,25)(H,24,26). The lowest BCUT2D eigenvalue weighted by Gasteiger charge is -2.09. The molecule has 0 aliphatic carbocycles. The van der Waals surface area contributed by atoms with E-state index in [1.54, 1.807) is 0 Å². The minimum absolute atomic E-state index is 0.174. The number of para-hydroxylation sites is 2. The maximum atomic E-state index is 11.9. The summed E-state index contributed by atoms with van der Waals surface area (Å²) < 4.78 is 5.42. The fourth-order valence-electron chi connectivity index (χ4n) is 2.55. The number of ether oxygens (including phenoxy) is 1. The molecule has 0 saturated heterocycles. The minimum atomic E-state index is -0.426. The number of aromatic nitrogens is 2. The van der Waals surface area contributed by atoms with E-state index < -0.39 is 5.91 Å². The average Bonchev–Trinajstić information content (AvgIpc) is 3.08. The maximum absolute atomic E-state index is 11.9. The number of imidazole rings is 1. The highest BCUT2D eigenvalue weighted by atomic mass is 16.5. The molecule has 0 fully saturated rings. The summed E-state index contributed by atoms with van der Waals surface area (Å²) in [6, 6.07) is 13.3. The third kappa shape index (κ3) is 5.07. The van der Waals surface area contributed by atoms with Crippen LogP contribution in [0, 0.1) is 13.8 Å². The molecule has 0 bridgehead atoms. The molecule has 0 unspecified atom stereocenters. The number of hydrazine groups is 1. The van der Waals surface area contributed by atoms with Crippen LogP contribution < -0.4 is 15.6 Å². The molecular formula is C20H22N4O3. The molecular weight excluding hydrogens is 344 g/mol. The lowest BCUT2D eigenvalue weighted by atomic mass is 10.1. The van der Waals surface area contributed by atoms with Crippen molar-refractivity contribution in [1.82, 2.24) is 20.8 Å². The number of H-pyrrole nitrogens is 1.